The Bertz CT molecular complexity index is 604. The van der Waals surface area contributed by atoms with E-state index in [0.29, 0.717) is 31.6 Å². The van der Waals surface area contributed by atoms with E-state index < -0.39 is 0 Å². The minimum atomic E-state index is 0. The molecule has 1 aromatic carbocycles. The van der Waals surface area contributed by atoms with Gasteiger partial charge in [0.25, 0.3) is 0 Å². The number of amides is 1. The molecule has 3 N–H and O–H groups in total. The van der Waals surface area contributed by atoms with Crippen LogP contribution < -0.4 is 11.1 Å². The Hall–Kier alpha value is -1.35. The number of hydrogen-bond donors (Lipinski definition) is 2. The van der Waals surface area contributed by atoms with Crippen LogP contribution in [-0.4, -0.2) is 43.0 Å². The van der Waals surface area contributed by atoms with Gasteiger partial charge in [-0.25, -0.2) is 0 Å². The van der Waals surface area contributed by atoms with Crippen molar-refractivity contribution in [3.8, 4) is 0 Å². The number of nitrogens with two attached hydrogens (primary N) is 1. The molecule has 1 saturated carbocycles. The van der Waals surface area contributed by atoms with Gasteiger partial charge in [0.2, 0.25) is 5.91 Å². The SMILES string of the molecule is COCc1ccccc1NC(N)=NCC1CC(=O)N(C2CC2)C1.I. The van der Waals surface area contributed by atoms with Crippen molar-refractivity contribution in [3.63, 3.8) is 0 Å². The third-order valence-electron chi connectivity index (χ3n) is 4.33. The maximum Gasteiger partial charge on any atom is 0.223 e. The van der Waals surface area contributed by atoms with Crippen LogP contribution in [0.2, 0.25) is 0 Å². The molecule has 0 radical (unpaired) electrons. The summed E-state index contributed by atoms with van der Waals surface area (Å²) >= 11 is 0. The van der Waals surface area contributed by atoms with Gasteiger partial charge in [-0.15, -0.1) is 24.0 Å². The van der Waals surface area contributed by atoms with E-state index >= 15 is 0 Å². The number of nitrogens with one attached hydrogen (secondary N) is 1. The number of halogens is 1. The molecular weight excluding hydrogens is 419 g/mol. The number of nitrogens with zero attached hydrogens (tertiary/aromatic N) is 2. The molecular formula is C17H25IN4O2. The van der Waals surface area contributed by atoms with E-state index in [1.807, 2.05) is 29.2 Å². The van der Waals surface area contributed by atoms with Gasteiger partial charge in [-0.05, 0) is 18.9 Å². The van der Waals surface area contributed by atoms with Crippen LogP contribution in [0.4, 0.5) is 5.69 Å². The molecule has 1 aliphatic heterocycles. The number of guanidine groups is 1. The standard InChI is InChI=1S/C17H24N4O2.HI/c1-23-11-13-4-2-3-5-15(13)20-17(18)19-9-12-8-16(22)21(10-12)14-6-7-14;/h2-5,12,14H,6-11H2,1H3,(H3,18,19,20);1H. The topological polar surface area (TPSA) is 80.0 Å². The lowest BCUT2D eigenvalue weighted by Gasteiger charge is -2.15. The maximum absolute atomic E-state index is 11.9. The Morgan fingerprint density at radius 1 is 1.42 bits per heavy atom. The van der Waals surface area contributed by atoms with Gasteiger partial charge in [-0.3, -0.25) is 9.79 Å². The molecule has 0 spiro atoms. The molecule has 1 aliphatic carbocycles. The summed E-state index contributed by atoms with van der Waals surface area (Å²) in [5, 5.41) is 3.13. The molecule has 1 unspecified atom stereocenters. The number of ether oxygens (including phenoxy) is 1. The van der Waals surface area contributed by atoms with Crippen LogP contribution in [-0.2, 0) is 16.1 Å². The predicted octanol–water partition coefficient (Wildman–Crippen LogP) is 2.19. The number of benzene rings is 1. The van der Waals surface area contributed by atoms with Crippen molar-refractivity contribution in [2.24, 2.45) is 16.6 Å². The van der Waals surface area contributed by atoms with E-state index in [4.69, 9.17) is 10.5 Å². The molecule has 132 valence electrons. The third-order valence-corrected chi connectivity index (χ3v) is 4.33. The van der Waals surface area contributed by atoms with Crippen molar-refractivity contribution in [1.82, 2.24) is 4.90 Å². The zero-order valence-corrected chi connectivity index (χ0v) is 16.2. The zero-order chi connectivity index (χ0) is 16.2. The van der Waals surface area contributed by atoms with Crippen LogP contribution in [0.15, 0.2) is 29.3 Å². The molecule has 1 amide bonds. The summed E-state index contributed by atoms with van der Waals surface area (Å²) in [6, 6.07) is 8.33. The van der Waals surface area contributed by atoms with Crippen LogP contribution >= 0.6 is 24.0 Å². The van der Waals surface area contributed by atoms with Crippen molar-refractivity contribution >= 4 is 41.5 Å². The summed E-state index contributed by atoms with van der Waals surface area (Å²) in [4.78, 5) is 18.4. The average molecular weight is 444 g/mol. The predicted molar refractivity (Wildman–Crippen MR) is 106 cm³/mol. The lowest BCUT2D eigenvalue weighted by Crippen LogP contribution is -2.28. The zero-order valence-electron chi connectivity index (χ0n) is 13.9. The summed E-state index contributed by atoms with van der Waals surface area (Å²) in [7, 11) is 1.66. The highest BCUT2D eigenvalue weighted by Gasteiger charge is 2.39. The van der Waals surface area contributed by atoms with Crippen LogP contribution in [0.3, 0.4) is 0 Å². The lowest BCUT2D eigenvalue weighted by molar-refractivity contribution is -0.128. The molecule has 6 nitrogen and oxygen atoms in total. The van der Waals surface area contributed by atoms with Crippen LogP contribution in [0.25, 0.3) is 0 Å². The summed E-state index contributed by atoms with van der Waals surface area (Å²) in [5.74, 6) is 0.924. The number of methoxy groups -OCH3 is 1. The highest BCUT2D eigenvalue weighted by atomic mass is 127. The van der Waals surface area contributed by atoms with Crippen LogP contribution in [0.5, 0.6) is 0 Å². The molecule has 2 aliphatic rings. The second-order valence-corrected chi connectivity index (χ2v) is 6.29. The number of rotatable bonds is 6. The number of aliphatic imine (C=N–C) groups is 1. The number of likely N-dealkylation sites (tertiary alicyclic amines) is 1. The summed E-state index contributed by atoms with van der Waals surface area (Å²) in [5.41, 5.74) is 7.92. The molecule has 0 bridgehead atoms. The Morgan fingerprint density at radius 3 is 2.88 bits per heavy atom. The van der Waals surface area contributed by atoms with E-state index in [0.717, 1.165) is 30.6 Å². The first-order valence-electron chi connectivity index (χ1n) is 8.10. The summed E-state index contributed by atoms with van der Waals surface area (Å²) in [6.45, 7) is 1.92. The van der Waals surface area contributed by atoms with Gasteiger partial charge in [-0.1, -0.05) is 18.2 Å². The first-order valence-corrected chi connectivity index (χ1v) is 8.10. The van der Waals surface area contributed by atoms with Crippen LogP contribution in [0, 0.1) is 5.92 Å². The van der Waals surface area contributed by atoms with Gasteiger partial charge >= 0.3 is 0 Å². The summed E-state index contributed by atoms with van der Waals surface area (Å²) in [6.07, 6.45) is 2.90. The smallest absolute Gasteiger partial charge is 0.223 e. The van der Waals surface area contributed by atoms with E-state index in [1.54, 1.807) is 7.11 Å². The Balaban J connectivity index is 0.00000208. The van der Waals surface area contributed by atoms with E-state index in [-0.39, 0.29) is 35.8 Å². The van der Waals surface area contributed by atoms with Crippen molar-refractivity contribution in [2.45, 2.75) is 31.9 Å². The Morgan fingerprint density at radius 2 is 2.17 bits per heavy atom. The van der Waals surface area contributed by atoms with Gasteiger partial charge in [-0.2, -0.15) is 0 Å². The average Bonchev–Trinajstić information content (AvgIpc) is 3.31. The quantitative estimate of drug-likeness (QED) is 0.401. The minimum absolute atomic E-state index is 0. The number of hydrogen-bond acceptors (Lipinski definition) is 3. The fraction of sp³-hybridized carbons (Fsp3) is 0.529. The molecule has 2 fully saturated rings. The first-order chi connectivity index (χ1) is 11.2. The van der Waals surface area contributed by atoms with Crippen molar-refractivity contribution in [3.05, 3.63) is 29.8 Å². The van der Waals surface area contributed by atoms with E-state index in [2.05, 4.69) is 10.3 Å². The lowest BCUT2D eigenvalue weighted by atomic mass is 10.1. The molecule has 1 atom stereocenters. The monoisotopic (exact) mass is 444 g/mol. The van der Waals surface area contributed by atoms with Gasteiger partial charge in [0.15, 0.2) is 5.96 Å². The number of anilines is 1. The number of carbonyl (C=O) groups is 1. The molecule has 7 heteroatoms. The van der Waals surface area contributed by atoms with E-state index in [1.165, 1.54) is 0 Å². The van der Waals surface area contributed by atoms with Gasteiger partial charge in [0.05, 0.1) is 6.61 Å². The minimum Gasteiger partial charge on any atom is -0.380 e. The van der Waals surface area contributed by atoms with Crippen molar-refractivity contribution < 1.29 is 9.53 Å². The second-order valence-electron chi connectivity index (χ2n) is 6.29. The summed E-state index contributed by atoms with van der Waals surface area (Å²) < 4.78 is 5.18. The molecule has 0 aromatic heterocycles. The number of para-hydroxylation sites is 1. The molecule has 3 rings (SSSR count). The Labute approximate surface area is 159 Å². The molecule has 1 heterocycles. The van der Waals surface area contributed by atoms with Crippen molar-refractivity contribution in [2.75, 3.05) is 25.5 Å². The normalized spacial score (nSPS) is 20.9. The molecule has 24 heavy (non-hydrogen) atoms. The van der Waals surface area contributed by atoms with Gasteiger partial charge in [0.1, 0.15) is 0 Å². The van der Waals surface area contributed by atoms with E-state index in [9.17, 15) is 4.79 Å². The van der Waals surface area contributed by atoms with Crippen molar-refractivity contribution in [1.29, 1.82) is 0 Å². The fourth-order valence-corrected chi connectivity index (χ4v) is 3.00. The highest BCUT2D eigenvalue weighted by Crippen LogP contribution is 2.32. The maximum atomic E-state index is 11.9. The number of carbonyl (C=O) groups excluding carboxylic acids is 1. The van der Waals surface area contributed by atoms with Crippen LogP contribution in [0.1, 0.15) is 24.8 Å². The Kier molecular flexibility index (Phi) is 6.85. The van der Waals surface area contributed by atoms with Gasteiger partial charge < -0.3 is 20.7 Å². The fourth-order valence-electron chi connectivity index (χ4n) is 3.00. The van der Waals surface area contributed by atoms with Gasteiger partial charge in [0, 0.05) is 49.8 Å². The third kappa shape index (κ3) is 4.83. The molecule has 1 aromatic rings. The first kappa shape index (κ1) is 19.0. The largest absolute Gasteiger partial charge is 0.380 e. The highest BCUT2D eigenvalue weighted by molar-refractivity contribution is 14.0. The molecule has 1 saturated heterocycles. The second kappa shape index (κ2) is 8.66.